The summed E-state index contributed by atoms with van der Waals surface area (Å²) in [5.74, 6) is -1.26. The summed E-state index contributed by atoms with van der Waals surface area (Å²) in [4.78, 5) is 11.3. The lowest BCUT2D eigenvalue weighted by molar-refractivity contribution is -0.137. The van der Waals surface area contributed by atoms with Gasteiger partial charge in [0.15, 0.2) is 0 Å². The number of hydrogen-bond acceptors (Lipinski definition) is 3. The third-order valence-electron chi connectivity index (χ3n) is 3.64. The van der Waals surface area contributed by atoms with Crippen molar-refractivity contribution in [3.8, 4) is 0 Å². The number of nitrogens with two attached hydrogens (primary N) is 1. The van der Waals surface area contributed by atoms with Crippen LogP contribution in [0.2, 0.25) is 0 Å². The molecule has 1 aliphatic rings. The molecule has 0 saturated carbocycles. The number of halogens is 4. The predicted octanol–water partition coefficient (Wildman–Crippen LogP) is 1.62. The van der Waals surface area contributed by atoms with Crippen LogP contribution in [0.5, 0.6) is 0 Å². The van der Waals surface area contributed by atoms with E-state index >= 15 is 0 Å². The van der Waals surface area contributed by atoms with Crippen molar-refractivity contribution in [2.75, 3.05) is 26.2 Å². The number of carbonyl (C=O) groups excluding carboxylic acids is 1. The number of primary amides is 1. The van der Waals surface area contributed by atoms with Crippen LogP contribution in [-0.4, -0.2) is 49.8 Å². The van der Waals surface area contributed by atoms with E-state index in [1.807, 2.05) is 0 Å². The molecule has 134 valence electrons. The van der Waals surface area contributed by atoms with Crippen molar-refractivity contribution in [2.45, 2.75) is 17.5 Å². The van der Waals surface area contributed by atoms with Crippen LogP contribution in [0.25, 0.3) is 0 Å². The third-order valence-corrected chi connectivity index (χ3v) is 5.56. The van der Waals surface area contributed by atoms with E-state index in [1.165, 1.54) is 4.90 Å². The Morgan fingerprint density at radius 2 is 1.79 bits per heavy atom. The molecule has 0 radical (unpaired) electrons. The highest BCUT2D eigenvalue weighted by Crippen LogP contribution is 2.32. The number of rotatable bonds is 2. The van der Waals surface area contributed by atoms with E-state index in [1.54, 1.807) is 0 Å². The summed E-state index contributed by atoms with van der Waals surface area (Å²) < 4.78 is 78.0. The molecule has 0 spiro atoms. The minimum absolute atomic E-state index is 0.0187. The van der Waals surface area contributed by atoms with Gasteiger partial charge in [0.05, 0.1) is 5.56 Å². The molecule has 24 heavy (non-hydrogen) atoms. The second-order valence-electron chi connectivity index (χ2n) is 5.23. The normalized spacial score (nSPS) is 17.6. The summed E-state index contributed by atoms with van der Waals surface area (Å²) >= 11 is 0. The fourth-order valence-corrected chi connectivity index (χ4v) is 3.93. The smallest absolute Gasteiger partial charge is 0.351 e. The SMILES string of the molecule is NC(=O)N1CCCN(S(=O)(=O)c2cc(C(F)(F)F)ccc2F)CC1. The van der Waals surface area contributed by atoms with Gasteiger partial charge in [0.1, 0.15) is 10.7 Å². The predicted molar refractivity (Wildman–Crippen MR) is 75.9 cm³/mol. The lowest BCUT2D eigenvalue weighted by Crippen LogP contribution is -2.39. The molecule has 1 aromatic carbocycles. The first-order valence-corrected chi connectivity index (χ1v) is 8.39. The van der Waals surface area contributed by atoms with Crippen molar-refractivity contribution in [3.05, 3.63) is 29.6 Å². The van der Waals surface area contributed by atoms with E-state index < -0.39 is 38.5 Å². The summed E-state index contributed by atoms with van der Waals surface area (Å²) in [6, 6.07) is 0.510. The number of urea groups is 1. The van der Waals surface area contributed by atoms with E-state index in [-0.39, 0.29) is 38.7 Å². The molecule has 0 bridgehead atoms. The van der Waals surface area contributed by atoms with Crippen LogP contribution < -0.4 is 5.73 Å². The largest absolute Gasteiger partial charge is 0.416 e. The molecule has 2 rings (SSSR count). The Bertz CT molecular complexity index is 736. The maximum atomic E-state index is 13.9. The lowest BCUT2D eigenvalue weighted by Gasteiger charge is -2.21. The summed E-state index contributed by atoms with van der Waals surface area (Å²) in [7, 11) is -4.47. The summed E-state index contributed by atoms with van der Waals surface area (Å²) in [5.41, 5.74) is 3.87. The van der Waals surface area contributed by atoms with Gasteiger partial charge in [-0.15, -0.1) is 0 Å². The number of carbonyl (C=O) groups is 1. The third kappa shape index (κ3) is 3.78. The molecule has 1 heterocycles. The first-order chi connectivity index (χ1) is 11.0. The van der Waals surface area contributed by atoms with Crippen molar-refractivity contribution in [2.24, 2.45) is 5.73 Å². The van der Waals surface area contributed by atoms with Gasteiger partial charge >= 0.3 is 12.2 Å². The zero-order chi connectivity index (χ0) is 18.1. The van der Waals surface area contributed by atoms with Crippen LogP contribution in [-0.2, 0) is 16.2 Å². The molecular weight excluding hydrogens is 354 g/mol. The number of nitrogens with zero attached hydrogens (tertiary/aromatic N) is 2. The molecule has 0 atom stereocenters. The molecule has 0 aliphatic carbocycles. The van der Waals surface area contributed by atoms with Crippen molar-refractivity contribution in [3.63, 3.8) is 0 Å². The van der Waals surface area contributed by atoms with Crippen LogP contribution in [0.15, 0.2) is 23.1 Å². The van der Waals surface area contributed by atoms with E-state index in [0.29, 0.717) is 12.1 Å². The van der Waals surface area contributed by atoms with Crippen LogP contribution in [0.4, 0.5) is 22.4 Å². The van der Waals surface area contributed by atoms with Crippen LogP contribution in [0.1, 0.15) is 12.0 Å². The molecule has 0 unspecified atom stereocenters. The highest BCUT2D eigenvalue weighted by molar-refractivity contribution is 7.89. The van der Waals surface area contributed by atoms with Gasteiger partial charge in [0.25, 0.3) is 0 Å². The highest BCUT2D eigenvalue weighted by atomic mass is 32.2. The monoisotopic (exact) mass is 369 g/mol. The molecule has 1 saturated heterocycles. The fraction of sp³-hybridized carbons (Fsp3) is 0.462. The molecule has 6 nitrogen and oxygen atoms in total. The van der Waals surface area contributed by atoms with Crippen LogP contribution in [0, 0.1) is 5.82 Å². The zero-order valence-electron chi connectivity index (χ0n) is 12.4. The van der Waals surface area contributed by atoms with E-state index in [9.17, 15) is 30.8 Å². The average molecular weight is 369 g/mol. The summed E-state index contributed by atoms with van der Waals surface area (Å²) in [5, 5.41) is 0. The van der Waals surface area contributed by atoms with Crippen molar-refractivity contribution >= 4 is 16.1 Å². The minimum atomic E-state index is -4.79. The van der Waals surface area contributed by atoms with Gasteiger partial charge in [0, 0.05) is 26.2 Å². The fourth-order valence-electron chi connectivity index (χ4n) is 2.37. The quantitative estimate of drug-likeness (QED) is 0.804. The number of sulfonamides is 1. The maximum absolute atomic E-state index is 13.9. The Balaban J connectivity index is 2.35. The zero-order valence-corrected chi connectivity index (χ0v) is 13.2. The summed E-state index contributed by atoms with van der Waals surface area (Å²) in [6.45, 7) is -0.0374. The van der Waals surface area contributed by atoms with Gasteiger partial charge in [-0.3, -0.25) is 0 Å². The second-order valence-corrected chi connectivity index (χ2v) is 7.13. The Hall–Kier alpha value is -1.88. The molecule has 1 aromatic rings. The standard InChI is InChI=1S/C13H15F4N3O3S/c14-10-3-2-9(13(15,16)17)8-11(10)24(22,23)20-5-1-4-19(6-7-20)12(18)21/h2-3,8H,1,4-7H2,(H2,18,21). The van der Waals surface area contributed by atoms with E-state index in [0.717, 1.165) is 4.31 Å². The molecule has 2 N–H and O–H groups in total. The van der Waals surface area contributed by atoms with E-state index in [2.05, 4.69) is 0 Å². The first kappa shape index (κ1) is 18.5. The van der Waals surface area contributed by atoms with Crippen LogP contribution in [0.3, 0.4) is 0 Å². The highest BCUT2D eigenvalue weighted by Gasteiger charge is 2.35. The summed E-state index contributed by atoms with van der Waals surface area (Å²) in [6.07, 6.45) is -4.55. The Labute approximate surface area is 135 Å². The first-order valence-electron chi connectivity index (χ1n) is 6.95. The van der Waals surface area contributed by atoms with Crippen molar-refractivity contribution < 1.29 is 30.8 Å². The molecule has 1 fully saturated rings. The van der Waals surface area contributed by atoms with Gasteiger partial charge < -0.3 is 10.6 Å². The van der Waals surface area contributed by atoms with Gasteiger partial charge in [-0.25, -0.2) is 17.6 Å². The maximum Gasteiger partial charge on any atom is 0.416 e. The van der Waals surface area contributed by atoms with Crippen molar-refractivity contribution in [1.29, 1.82) is 0 Å². The Morgan fingerprint density at radius 1 is 1.12 bits per heavy atom. The number of alkyl halides is 3. The van der Waals surface area contributed by atoms with E-state index in [4.69, 9.17) is 5.73 Å². The van der Waals surface area contributed by atoms with Crippen LogP contribution >= 0.6 is 0 Å². The number of benzene rings is 1. The molecule has 2 amide bonds. The van der Waals surface area contributed by atoms with Crippen molar-refractivity contribution in [1.82, 2.24) is 9.21 Å². The van der Waals surface area contributed by atoms with Gasteiger partial charge in [-0.2, -0.15) is 17.5 Å². The number of hydrogen-bond donors (Lipinski definition) is 1. The van der Waals surface area contributed by atoms with Gasteiger partial charge in [-0.05, 0) is 24.6 Å². The molecule has 0 aromatic heterocycles. The average Bonchev–Trinajstić information content (AvgIpc) is 2.72. The molecular formula is C13H15F4N3O3S. The van der Waals surface area contributed by atoms with Gasteiger partial charge in [0.2, 0.25) is 10.0 Å². The second kappa shape index (κ2) is 6.55. The molecule has 1 aliphatic heterocycles. The Kier molecular flexibility index (Phi) is 5.04. The minimum Gasteiger partial charge on any atom is -0.351 e. The number of amides is 2. The topological polar surface area (TPSA) is 83.7 Å². The Morgan fingerprint density at radius 3 is 2.38 bits per heavy atom. The lowest BCUT2D eigenvalue weighted by atomic mass is 10.2. The molecule has 11 heteroatoms. The van der Waals surface area contributed by atoms with Gasteiger partial charge in [-0.1, -0.05) is 0 Å².